The fraction of sp³-hybridized carbons (Fsp3) is 0.118. The Morgan fingerprint density at radius 3 is 2.10 bits per heavy atom. The van der Waals surface area contributed by atoms with Crippen LogP contribution in [0.15, 0.2) is 66.7 Å². The number of rotatable bonds is 4. The van der Waals surface area contributed by atoms with Gasteiger partial charge < -0.3 is 14.9 Å². The highest BCUT2D eigenvalue weighted by Gasteiger charge is 2.38. The molecule has 0 saturated heterocycles. The molecule has 108 valence electrons. The molecule has 0 heterocycles. The van der Waals surface area contributed by atoms with E-state index >= 15 is 0 Å². The summed E-state index contributed by atoms with van der Waals surface area (Å²) in [5, 5.41) is 20.5. The van der Waals surface area contributed by atoms with Crippen LogP contribution in [0.5, 0.6) is 5.75 Å². The van der Waals surface area contributed by atoms with E-state index in [1.165, 1.54) is 31.4 Å². The van der Waals surface area contributed by atoms with Crippen molar-refractivity contribution in [1.29, 1.82) is 0 Å². The van der Waals surface area contributed by atoms with Gasteiger partial charge in [0.2, 0.25) is 0 Å². The molecule has 0 aliphatic rings. The lowest BCUT2D eigenvalue weighted by Gasteiger charge is -2.30. The second kappa shape index (κ2) is 5.81. The molecule has 0 amide bonds. The van der Waals surface area contributed by atoms with E-state index in [1.807, 2.05) is 6.07 Å². The number of methoxy groups -OCH3 is 1. The Hall–Kier alpha value is -2.59. The first-order valence-electron chi connectivity index (χ1n) is 6.35. The highest BCUT2D eigenvalue weighted by Crippen LogP contribution is 2.36. The van der Waals surface area contributed by atoms with Crippen molar-refractivity contribution in [2.75, 3.05) is 7.11 Å². The number of hydrogen-bond acceptors (Lipinski definition) is 4. The van der Waals surface area contributed by atoms with Crippen LogP contribution in [0, 0.1) is 0 Å². The third-order valence-electron chi connectivity index (χ3n) is 3.35. The van der Waals surface area contributed by atoms with Gasteiger partial charge in [-0.05, 0) is 23.3 Å². The molecule has 2 aromatic carbocycles. The number of benzene rings is 2. The second-order valence-corrected chi connectivity index (χ2v) is 4.59. The van der Waals surface area contributed by atoms with Gasteiger partial charge in [-0.3, -0.25) is 0 Å². The molecule has 4 nitrogen and oxygen atoms in total. The predicted molar refractivity (Wildman–Crippen MR) is 78.7 cm³/mol. The summed E-state index contributed by atoms with van der Waals surface area (Å²) in [6, 6.07) is 14.7. The van der Waals surface area contributed by atoms with Gasteiger partial charge in [-0.1, -0.05) is 49.0 Å². The van der Waals surface area contributed by atoms with Crippen molar-refractivity contribution in [2.45, 2.75) is 5.60 Å². The lowest BCUT2D eigenvalue weighted by molar-refractivity contribution is -0.138. The van der Waals surface area contributed by atoms with Gasteiger partial charge in [0.25, 0.3) is 0 Å². The molecule has 0 radical (unpaired) electrons. The zero-order valence-corrected chi connectivity index (χ0v) is 11.6. The monoisotopic (exact) mass is 284 g/mol. The SMILES string of the molecule is C=C(C(=O)OC)C(O)(c1ccccc1)c1ccc(O)cc1. The summed E-state index contributed by atoms with van der Waals surface area (Å²) in [6.45, 7) is 3.69. The van der Waals surface area contributed by atoms with E-state index in [2.05, 4.69) is 11.3 Å². The summed E-state index contributed by atoms with van der Waals surface area (Å²) in [6.07, 6.45) is 0. The van der Waals surface area contributed by atoms with E-state index in [9.17, 15) is 15.0 Å². The normalized spacial score (nSPS) is 13.2. The van der Waals surface area contributed by atoms with Crippen molar-refractivity contribution < 1.29 is 19.7 Å². The maximum atomic E-state index is 11.8. The van der Waals surface area contributed by atoms with E-state index < -0.39 is 11.6 Å². The van der Waals surface area contributed by atoms with Crippen LogP contribution in [0.1, 0.15) is 11.1 Å². The van der Waals surface area contributed by atoms with Crippen molar-refractivity contribution >= 4 is 5.97 Å². The fourth-order valence-corrected chi connectivity index (χ4v) is 2.17. The average Bonchev–Trinajstić information content (AvgIpc) is 2.54. The van der Waals surface area contributed by atoms with E-state index in [0.717, 1.165) is 0 Å². The lowest BCUT2D eigenvalue weighted by Crippen LogP contribution is -2.33. The average molecular weight is 284 g/mol. The van der Waals surface area contributed by atoms with Crippen molar-refractivity contribution in [1.82, 2.24) is 0 Å². The first-order valence-corrected chi connectivity index (χ1v) is 6.35. The molecule has 1 atom stereocenters. The maximum Gasteiger partial charge on any atom is 0.336 e. The number of esters is 1. The zero-order chi connectivity index (χ0) is 15.5. The number of phenols is 1. The number of carbonyl (C=O) groups excluding carboxylic acids is 1. The molecule has 0 aromatic heterocycles. The number of ether oxygens (including phenoxy) is 1. The lowest BCUT2D eigenvalue weighted by atomic mass is 9.80. The van der Waals surface area contributed by atoms with Gasteiger partial charge in [0.15, 0.2) is 0 Å². The van der Waals surface area contributed by atoms with Gasteiger partial charge >= 0.3 is 5.97 Å². The van der Waals surface area contributed by atoms with Gasteiger partial charge in [-0.15, -0.1) is 0 Å². The van der Waals surface area contributed by atoms with Crippen LogP contribution >= 0.6 is 0 Å². The van der Waals surface area contributed by atoms with Crippen LogP contribution in [0.3, 0.4) is 0 Å². The Balaban J connectivity index is 2.62. The summed E-state index contributed by atoms with van der Waals surface area (Å²) in [5.74, 6) is -0.632. The minimum atomic E-state index is -1.72. The van der Waals surface area contributed by atoms with Crippen LogP contribution in [-0.4, -0.2) is 23.3 Å². The number of phenolic OH excluding ortho intramolecular Hbond substituents is 1. The van der Waals surface area contributed by atoms with Crippen molar-refractivity contribution in [3.05, 3.63) is 77.9 Å². The molecule has 2 aromatic rings. The largest absolute Gasteiger partial charge is 0.508 e. The first-order chi connectivity index (χ1) is 10.00. The number of aliphatic hydroxyl groups is 1. The van der Waals surface area contributed by atoms with Gasteiger partial charge in [0.05, 0.1) is 12.7 Å². The molecular formula is C17H16O4. The fourth-order valence-electron chi connectivity index (χ4n) is 2.17. The minimum Gasteiger partial charge on any atom is -0.508 e. The minimum absolute atomic E-state index is 0.0674. The molecule has 0 fully saturated rings. The molecule has 2 N–H and O–H groups in total. The summed E-state index contributed by atoms with van der Waals surface area (Å²) in [5.41, 5.74) is -0.905. The Morgan fingerprint density at radius 2 is 1.57 bits per heavy atom. The van der Waals surface area contributed by atoms with E-state index in [4.69, 9.17) is 0 Å². The maximum absolute atomic E-state index is 11.8. The molecule has 0 spiro atoms. The van der Waals surface area contributed by atoms with Gasteiger partial charge in [-0.2, -0.15) is 0 Å². The smallest absolute Gasteiger partial charge is 0.336 e. The summed E-state index contributed by atoms with van der Waals surface area (Å²) < 4.78 is 4.68. The van der Waals surface area contributed by atoms with E-state index in [1.54, 1.807) is 24.3 Å². The predicted octanol–water partition coefficient (Wildman–Crippen LogP) is 2.36. The summed E-state index contributed by atoms with van der Waals surface area (Å²) in [7, 11) is 1.23. The molecule has 4 heteroatoms. The molecule has 0 aliphatic heterocycles. The standard InChI is InChI=1S/C17H16O4/c1-12(16(19)21-2)17(20,13-6-4-3-5-7-13)14-8-10-15(18)11-9-14/h3-11,18,20H,1H2,2H3. The third-order valence-corrected chi connectivity index (χ3v) is 3.35. The number of aromatic hydroxyl groups is 1. The highest BCUT2D eigenvalue weighted by molar-refractivity contribution is 5.91. The Labute approximate surface area is 122 Å². The first kappa shape index (κ1) is 14.8. The molecule has 0 bridgehead atoms. The van der Waals surface area contributed by atoms with Crippen LogP contribution in [0.2, 0.25) is 0 Å². The zero-order valence-electron chi connectivity index (χ0n) is 11.6. The van der Waals surface area contributed by atoms with Crippen LogP contribution in [0.25, 0.3) is 0 Å². The Bertz CT molecular complexity index is 646. The summed E-state index contributed by atoms with van der Waals surface area (Å²) in [4.78, 5) is 11.8. The Morgan fingerprint density at radius 1 is 1.05 bits per heavy atom. The van der Waals surface area contributed by atoms with Gasteiger partial charge in [0.1, 0.15) is 11.4 Å². The Kier molecular flexibility index (Phi) is 4.10. The van der Waals surface area contributed by atoms with Crippen LogP contribution in [-0.2, 0) is 15.1 Å². The van der Waals surface area contributed by atoms with Crippen molar-refractivity contribution in [3.63, 3.8) is 0 Å². The summed E-state index contributed by atoms with van der Waals surface area (Å²) >= 11 is 0. The molecule has 21 heavy (non-hydrogen) atoms. The van der Waals surface area contributed by atoms with Gasteiger partial charge in [0, 0.05) is 0 Å². The van der Waals surface area contributed by atoms with Gasteiger partial charge in [-0.25, -0.2) is 4.79 Å². The highest BCUT2D eigenvalue weighted by atomic mass is 16.5. The molecule has 0 aliphatic carbocycles. The van der Waals surface area contributed by atoms with Crippen molar-refractivity contribution in [3.8, 4) is 5.75 Å². The molecular weight excluding hydrogens is 268 g/mol. The van der Waals surface area contributed by atoms with Crippen LogP contribution < -0.4 is 0 Å². The molecule has 1 unspecified atom stereocenters. The quantitative estimate of drug-likeness (QED) is 0.668. The van der Waals surface area contributed by atoms with E-state index in [0.29, 0.717) is 11.1 Å². The topological polar surface area (TPSA) is 66.8 Å². The molecule has 2 rings (SSSR count). The third kappa shape index (κ3) is 2.66. The second-order valence-electron chi connectivity index (χ2n) is 4.59. The van der Waals surface area contributed by atoms with E-state index in [-0.39, 0.29) is 11.3 Å². The molecule has 0 saturated carbocycles. The number of hydrogen-bond donors (Lipinski definition) is 2. The van der Waals surface area contributed by atoms with Crippen LogP contribution in [0.4, 0.5) is 0 Å². The number of carbonyl (C=O) groups is 1. The van der Waals surface area contributed by atoms with Crippen molar-refractivity contribution in [2.24, 2.45) is 0 Å².